The molecule has 2 rings (SSSR count). The fourth-order valence-electron chi connectivity index (χ4n) is 1.64. The summed E-state index contributed by atoms with van der Waals surface area (Å²) in [6.07, 6.45) is 0.901. The van der Waals surface area contributed by atoms with Crippen LogP contribution in [0.5, 0.6) is 0 Å². The van der Waals surface area contributed by atoms with Gasteiger partial charge in [-0.25, -0.2) is 0 Å². The smallest absolute Gasteiger partial charge is 0.151 e. The van der Waals surface area contributed by atoms with Gasteiger partial charge in [-0.3, -0.25) is 4.79 Å². The molecule has 0 aliphatic heterocycles. The lowest BCUT2D eigenvalue weighted by Gasteiger charge is -2.08. The monoisotopic (exact) mass is 320 g/mol. The zero-order valence-corrected chi connectivity index (χ0v) is 12.6. The van der Waals surface area contributed by atoms with E-state index < -0.39 is 0 Å². The van der Waals surface area contributed by atoms with E-state index in [0.29, 0.717) is 0 Å². The van der Waals surface area contributed by atoms with E-state index in [0.717, 1.165) is 21.2 Å². The quantitative estimate of drug-likeness (QED) is 0.738. The third-order valence-corrected chi connectivity index (χ3v) is 4.41. The van der Waals surface area contributed by atoms with Crippen LogP contribution in [0.15, 0.2) is 50.7 Å². The molecule has 1 nitrogen and oxygen atoms in total. The summed E-state index contributed by atoms with van der Waals surface area (Å²) >= 11 is 5.02. The lowest BCUT2D eigenvalue weighted by molar-refractivity contribution is 0.112. The molecule has 0 bridgehead atoms. The van der Waals surface area contributed by atoms with E-state index in [4.69, 9.17) is 0 Å². The van der Waals surface area contributed by atoms with Crippen molar-refractivity contribution >= 4 is 34.0 Å². The molecule has 0 fully saturated rings. The summed E-state index contributed by atoms with van der Waals surface area (Å²) in [4.78, 5) is 13.3. The lowest BCUT2D eigenvalue weighted by atomic mass is 10.2. The van der Waals surface area contributed by atoms with Gasteiger partial charge in [0.15, 0.2) is 6.29 Å². The molecule has 2 aromatic carbocycles. The van der Waals surface area contributed by atoms with Crippen LogP contribution in [-0.4, -0.2) is 6.29 Å². The maximum Gasteiger partial charge on any atom is 0.151 e. The van der Waals surface area contributed by atoms with Gasteiger partial charge < -0.3 is 0 Å². The number of rotatable bonds is 3. The Balaban J connectivity index is 2.39. The van der Waals surface area contributed by atoms with Crippen molar-refractivity contribution < 1.29 is 4.79 Å². The molecule has 0 N–H and O–H groups in total. The molecule has 92 valence electrons. The fraction of sp³-hybridized carbons (Fsp3) is 0.133. The van der Waals surface area contributed by atoms with Gasteiger partial charge in [0.25, 0.3) is 0 Å². The normalized spacial score (nSPS) is 10.4. The molecule has 0 unspecified atom stereocenters. The second-order valence-corrected chi connectivity index (χ2v) is 6.17. The SMILES string of the molecule is Cc1ccc(C)c(Sc2ccc(Br)cc2C=O)c1. The van der Waals surface area contributed by atoms with Crippen molar-refractivity contribution in [1.29, 1.82) is 0 Å². The van der Waals surface area contributed by atoms with E-state index in [1.165, 1.54) is 16.0 Å². The Hall–Kier alpha value is -1.06. The van der Waals surface area contributed by atoms with E-state index in [2.05, 4.69) is 48.0 Å². The predicted molar refractivity (Wildman–Crippen MR) is 79.6 cm³/mol. The minimum Gasteiger partial charge on any atom is -0.298 e. The number of carbonyl (C=O) groups is 1. The van der Waals surface area contributed by atoms with Gasteiger partial charge in [-0.15, -0.1) is 0 Å². The van der Waals surface area contributed by atoms with Crippen LogP contribution in [0.25, 0.3) is 0 Å². The van der Waals surface area contributed by atoms with Crippen LogP contribution in [-0.2, 0) is 0 Å². The van der Waals surface area contributed by atoms with Crippen LogP contribution in [0.1, 0.15) is 21.5 Å². The first-order valence-electron chi connectivity index (χ1n) is 5.60. The average molecular weight is 321 g/mol. The Morgan fingerprint density at radius 3 is 2.56 bits per heavy atom. The van der Waals surface area contributed by atoms with Crippen LogP contribution < -0.4 is 0 Å². The molecule has 3 heteroatoms. The Morgan fingerprint density at radius 2 is 1.83 bits per heavy atom. The first kappa shape index (κ1) is 13.4. The van der Waals surface area contributed by atoms with Gasteiger partial charge >= 0.3 is 0 Å². The van der Waals surface area contributed by atoms with Crippen molar-refractivity contribution in [2.75, 3.05) is 0 Å². The molecule has 0 heterocycles. The standard InChI is InChI=1S/C15H13BrOS/c1-10-3-4-11(2)15(7-10)18-14-6-5-13(16)8-12(14)9-17/h3-9H,1-2H3. The number of aryl methyl sites for hydroxylation is 2. The first-order valence-corrected chi connectivity index (χ1v) is 7.21. The highest BCUT2D eigenvalue weighted by molar-refractivity contribution is 9.10. The summed E-state index contributed by atoms with van der Waals surface area (Å²) in [6.45, 7) is 4.16. The highest BCUT2D eigenvalue weighted by atomic mass is 79.9. The molecular formula is C15H13BrOS. The second-order valence-electron chi connectivity index (χ2n) is 4.17. The molecule has 0 atom stereocenters. The Labute approximate surface area is 120 Å². The van der Waals surface area contributed by atoms with E-state index in [-0.39, 0.29) is 0 Å². The van der Waals surface area contributed by atoms with Crippen LogP contribution in [0, 0.1) is 13.8 Å². The molecule has 2 aromatic rings. The largest absolute Gasteiger partial charge is 0.298 e. The summed E-state index contributed by atoms with van der Waals surface area (Å²) in [7, 11) is 0. The van der Waals surface area contributed by atoms with Gasteiger partial charge in [0.2, 0.25) is 0 Å². The fourth-order valence-corrected chi connectivity index (χ4v) is 3.09. The van der Waals surface area contributed by atoms with Crippen molar-refractivity contribution in [3.63, 3.8) is 0 Å². The van der Waals surface area contributed by atoms with Crippen molar-refractivity contribution in [3.8, 4) is 0 Å². The maximum absolute atomic E-state index is 11.1. The van der Waals surface area contributed by atoms with Crippen LogP contribution in [0.3, 0.4) is 0 Å². The second kappa shape index (κ2) is 5.72. The Morgan fingerprint density at radius 1 is 1.06 bits per heavy atom. The summed E-state index contributed by atoms with van der Waals surface area (Å²) < 4.78 is 0.926. The number of carbonyl (C=O) groups excluding carboxylic acids is 1. The Kier molecular flexibility index (Phi) is 4.25. The summed E-state index contributed by atoms with van der Waals surface area (Å²) in [6, 6.07) is 12.1. The molecule has 0 amide bonds. The minimum atomic E-state index is 0.718. The minimum absolute atomic E-state index is 0.718. The van der Waals surface area contributed by atoms with Crippen molar-refractivity contribution in [3.05, 3.63) is 57.6 Å². The molecule has 0 spiro atoms. The van der Waals surface area contributed by atoms with Crippen LogP contribution in [0.4, 0.5) is 0 Å². The van der Waals surface area contributed by atoms with E-state index in [1.807, 2.05) is 18.2 Å². The molecule has 0 radical (unpaired) electrons. The first-order chi connectivity index (χ1) is 8.60. The zero-order chi connectivity index (χ0) is 13.1. The average Bonchev–Trinajstić information content (AvgIpc) is 2.36. The number of hydrogen-bond acceptors (Lipinski definition) is 2. The highest BCUT2D eigenvalue weighted by Gasteiger charge is 2.07. The topological polar surface area (TPSA) is 17.1 Å². The summed E-state index contributed by atoms with van der Waals surface area (Å²) in [5.74, 6) is 0. The Bertz CT molecular complexity index is 593. The lowest BCUT2D eigenvalue weighted by Crippen LogP contribution is -1.87. The van der Waals surface area contributed by atoms with Crippen LogP contribution in [0.2, 0.25) is 0 Å². The molecule has 18 heavy (non-hydrogen) atoms. The van der Waals surface area contributed by atoms with Gasteiger partial charge in [0.1, 0.15) is 0 Å². The third kappa shape index (κ3) is 3.03. The number of benzene rings is 2. The van der Waals surface area contributed by atoms with Crippen molar-refractivity contribution in [2.24, 2.45) is 0 Å². The number of halogens is 1. The van der Waals surface area contributed by atoms with Crippen LogP contribution >= 0.6 is 27.7 Å². The molecule has 0 aliphatic rings. The van der Waals surface area contributed by atoms with Gasteiger partial charge in [-0.05, 0) is 49.2 Å². The summed E-state index contributed by atoms with van der Waals surface area (Å²) in [5, 5.41) is 0. The summed E-state index contributed by atoms with van der Waals surface area (Å²) in [5.41, 5.74) is 3.17. The molecule has 0 aromatic heterocycles. The number of aldehydes is 1. The maximum atomic E-state index is 11.1. The zero-order valence-electron chi connectivity index (χ0n) is 10.2. The molecule has 0 saturated carbocycles. The van der Waals surface area contributed by atoms with Gasteiger partial charge in [0, 0.05) is 19.8 Å². The molecule has 0 saturated heterocycles. The van der Waals surface area contributed by atoms with E-state index in [9.17, 15) is 4.79 Å². The molecule has 0 aliphatic carbocycles. The van der Waals surface area contributed by atoms with Gasteiger partial charge in [-0.2, -0.15) is 0 Å². The molecular weight excluding hydrogens is 308 g/mol. The highest BCUT2D eigenvalue weighted by Crippen LogP contribution is 2.33. The van der Waals surface area contributed by atoms with E-state index >= 15 is 0 Å². The number of hydrogen-bond donors (Lipinski definition) is 0. The van der Waals surface area contributed by atoms with E-state index in [1.54, 1.807) is 11.8 Å². The third-order valence-electron chi connectivity index (χ3n) is 2.66. The van der Waals surface area contributed by atoms with Gasteiger partial charge in [-0.1, -0.05) is 39.8 Å². The predicted octanol–water partition coefficient (Wildman–Crippen LogP) is 5.03. The van der Waals surface area contributed by atoms with Crippen molar-refractivity contribution in [2.45, 2.75) is 23.6 Å². The van der Waals surface area contributed by atoms with Crippen molar-refractivity contribution in [1.82, 2.24) is 0 Å². The van der Waals surface area contributed by atoms with Gasteiger partial charge in [0.05, 0.1) is 0 Å².